The number of ether oxygens (including phenoxy) is 1. The summed E-state index contributed by atoms with van der Waals surface area (Å²) in [6.45, 7) is 4.18. The van der Waals surface area contributed by atoms with Gasteiger partial charge in [0.25, 0.3) is 5.91 Å². The highest BCUT2D eigenvalue weighted by atomic mass is 16.5. The van der Waals surface area contributed by atoms with Crippen LogP contribution in [0.4, 0.5) is 0 Å². The van der Waals surface area contributed by atoms with Crippen molar-refractivity contribution >= 4 is 11.8 Å². The number of benzene rings is 3. The van der Waals surface area contributed by atoms with E-state index in [4.69, 9.17) is 4.74 Å². The van der Waals surface area contributed by atoms with E-state index in [2.05, 4.69) is 5.32 Å². The molecule has 3 rings (SSSR count). The second-order valence-corrected chi connectivity index (χ2v) is 8.13. The fourth-order valence-corrected chi connectivity index (χ4v) is 3.52. The smallest absolute Gasteiger partial charge is 0.261 e. The van der Waals surface area contributed by atoms with Gasteiger partial charge in [0.1, 0.15) is 11.8 Å². The minimum atomic E-state index is -0.659. The SMILES string of the molecule is CC[C@H](C)NC(=O)[C@H](Cc1ccccc1)N(Cc1ccccc1)C(=O)COc1ccccc1. The van der Waals surface area contributed by atoms with Crippen molar-refractivity contribution < 1.29 is 14.3 Å². The standard InChI is InChI=1S/C28H32N2O3/c1-3-22(2)29-28(32)26(19-23-13-7-4-8-14-23)30(20-24-15-9-5-10-16-24)27(31)21-33-25-17-11-6-12-18-25/h4-18,22,26H,3,19-21H2,1-2H3,(H,29,32)/t22-,26-/m0/s1. The summed E-state index contributed by atoms with van der Waals surface area (Å²) in [6.07, 6.45) is 1.24. The highest BCUT2D eigenvalue weighted by Gasteiger charge is 2.31. The number of amides is 2. The van der Waals surface area contributed by atoms with Crippen LogP contribution in [0.5, 0.6) is 5.75 Å². The van der Waals surface area contributed by atoms with Gasteiger partial charge in [0, 0.05) is 19.0 Å². The summed E-state index contributed by atoms with van der Waals surface area (Å²) in [5, 5.41) is 3.07. The van der Waals surface area contributed by atoms with E-state index in [1.807, 2.05) is 105 Å². The summed E-state index contributed by atoms with van der Waals surface area (Å²) in [5.74, 6) is 0.231. The third-order valence-electron chi connectivity index (χ3n) is 5.57. The molecule has 0 saturated carbocycles. The topological polar surface area (TPSA) is 58.6 Å². The zero-order valence-electron chi connectivity index (χ0n) is 19.3. The first-order valence-electron chi connectivity index (χ1n) is 11.4. The van der Waals surface area contributed by atoms with Crippen LogP contribution in [0, 0.1) is 0 Å². The maximum atomic E-state index is 13.4. The van der Waals surface area contributed by atoms with Gasteiger partial charge in [-0.2, -0.15) is 0 Å². The van der Waals surface area contributed by atoms with Crippen molar-refractivity contribution in [3.05, 3.63) is 102 Å². The highest BCUT2D eigenvalue weighted by molar-refractivity contribution is 5.88. The molecule has 33 heavy (non-hydrogen) atoms. The molecule has 0 aromatic heterocycles. The number of hydrogen-bond acceptors (Lipinski definition) is 3. The van der Waals surface area contributed by atoms with Crippen LogP contribution < -0.4 is 10.1 Å². The van der Waals surface area contributed by atoms with Gasteiger partial charge >= 0.3 is 0 Å². The van der Waals surface area contributed by atoms with E-state index in [-0.39, 0.29) is 24.5 Å². The van der Waals surface area contributed by atoms with Crippen LogP contribution in [0.3, 0.4) is 0 Å². The first kappa shape index (κ1) is 24.1. The van der Waals surface area contributed by atoms with E-state index in [9.17, 15) is 9.59 Å². The summed E-state index contributed by atoms with van der Waals surface area (Å²) in [5.41, 5.74) is 1.96. The Labute approximate surface area is 196 Å². The van der Waals surface area contributed by atoms with Crippen LogP contribution in [0.1, 0.15) is 31.4 Å². The molecule has 5 heteroatoms. The molecule has 3 aromatic rings. The molecule has 0 heterocycles. The summed E-state index contributed by atoms with van der Waals surface area (Å²) >= 11 is 0. The summed E-state index contributed by atoms with van der Waals surface area (Å²) in [7, 11) is 0. The number of nitrogens with zero attached hydrogens (tertiary/aromatic N) is 1. The Morgan fingerprint density at radius 1 is 0.848 bits per heavy atom. The first-order valence-corrected chi connectivity index (χ1v) is 11.4. The second kappa shape index (κ2) is 12.4. The molecule has 0 radical (unpaired) electrons. The minimum Gasteiger partial charge on any atom is -0.484 e. The van der Waals surface area contributed by atoms with Gasteiger partial charge in [0.15, 0.2) is 6.61 Å². The molecule has 172 valence electrons. The average Bonchev–Trinajstić information content (AvgIpc) is 2.86. The summed E-state index contributed by atoms with van der Waals surface area (Å²) < 4.78 is 5.75. The lowest BCUT2D eigenvalue weighted by molar-refractivity contribution is -0.143. The lowest BCUT2D eigenvalue weighted by Crippen LogP contribution is -2.53. The number of carbonyl (C=O) groups excluding carboxylic acids is 2. The molecule has 0 bridgehead atoms. The molecule has 2 amide bonds. The molecule has 0 aliphatic heterocycles. The van der Waals surface area contributed by atoms with Gasteiger partial charge < -0.3 is 15.0 Å². The van der Waals surface area contributed by atoms with Crippen molar-refractivity contribution in [3.63, 3.8) is 0 Å². The van der Waals surface area contributed by atoms with Crippen molar-refractivity contribution in [2.75, 3.05) is 6.61 Å². The zero-order chi connectivity index (χ0) is 23.5. The fraction of sp³-hybridized carbons (Fsp3) is 0.286. The average molecular weight is 445 g/mol. The maximum absolute atomic E-state index is 13.4. The molecule has 0 fully saturated rings. The Hall–Kier alpha value is -3.60. The normalized spacial score (nSPS) is 12.4. The van der Waals surface area contributed by atoms with Crippen molar-refractivity contribution in [1.29, 1.82) is 0 Å². The van der Waals surface area contributed by atoms with Gasteiger partial charge in [-0.25, -0.2) is 0 Å². The highest BCUT2D eigenvalue weighted by Crippen LogP contribution is 2.16. The van der Waals surface area contributed by atoms with Gasteiger partial charge in [0.2, 0.25) is 5.91 Å². The molecule has 2 atom stereocenters. The Morgan fingerprint density at radius 3 is 1.97 bits per heavy atom. The lowest BCUT2D eigenvalue weighted by Gasteiger charge is -2.32. The quantitative estimate of drug-likeness (QED) is 0.469. The van der Waals surface area contributed by atoms with E-state index in [1.165, 1.54) is 0 Å². The van der Waals surface area contributed by atoms with E-state index in [0.717, 1.165) is 17.5 Å². The van der Waals surface area contributed by atoms with E-state index < -0.39 is 6.04 Å². The number of hydrogen-bond donors (Lipinski definition) is 1. The van der Waals surface area contributed by atoms with Gasteiger partial charge in [-0.3, -0.25) is 9.59 Å². The molecule has 0 saturated heterocycles. The molecule has 1 N–H and O–H groups in total. The number of rotatable bonds is 11. The monoisotopic (exact) mass is 444 g/mol. The Balaban J connectivity index is 1.88. The molecule has 0 aliphatic carbocycles. The van der Waals surface area contributed by atoms with Crippen LogP contribution in [-0.2, 0) is 22.6 Å². The molecular weight excluding hydrogens is 412 g/mol. The fourth-order valence-electron chi connectivity index (χ4n) is 3.52. The van der Waals surface area contributed by atoms with Crippen LogP contribution in [0.2, 0.25) is 0 Å². The number of para-hydroxylation sites is 1. The lowest BCUT2D eigenvalue weighted by atomic mass is 10.0. The molecule has 0 aliphatic rings. The van der Waals surface area contributed by atoms with Crippen LogP contribution in [0.25, 0.3) is 0 Å². The van der Waals surface area contributed by atoms with E-state index in [1.54, 1.807) is 4.90 Å². The summed E-state index contributed by atoms with van der Waals surface area (Å²) in [4.78, 5) is 28.5. The summed E-state index contributed by atoms with van der Waals surface area (Å²) in [6, 6.07) is 28.1. The van der Waals surface area contributed by atoms with E-state index in [0.29, 0.717) is 18.7 Å². The van der Waals surface area contributed by atoms with Gasteiger partial charge in [-0.05, 0) is 36.6 Å². The number of nitrogens with one attached hydrogen (secondary N) is 1. The molecule has 0 unspecified atom stereocenters. The number of carbonyl (C=O) groups is 2. The van der Waals surface area contributed by atoms with Crippen LogP contribution in [0.15, 0.2) is 91.0 Å². The molecule has 3 aromatic carbocycles. The molecular formula is C28H32N2O3. The van der Waals surface area contributed by atoms with Gasteiger partial charge in [0.05, 0.1) is 0 Å². The molecule has 0 spiro atoms. The van der Waals surface area contributed by atoms with Gasteiger partial charge in [-0.1, -0.05) is 85.8 Å². The van der Waals surface area contributed by atoms with Crippen molar-refractivity contribution in [1.82, 2.24) is 10.2 Å². The van der Waals surface area contributed by atoms with Gasteiger partial charge in [-0.15, -0.1) is 0 Å². The van der Waals surface area contributed by atoms with Crippen molar-refractivity contribution in [3.8, 4) is 5.75 Å². The van der Waals surface area contributed by atoms with Crippen molar-refractivity contribution in [2.45, 2.75) is 45.3 Å². The zero-order valence-corrected chi connectivity index (χ0v) is 19.3. The Morgan fingerprint density at radius 2 is 1.39 bits per heavy atom. The third kappa shape index (κ3) is 7.49. The first-order chi connectivity index (χ1) is 16.1. The predicted molar refractivity (Wildman–Crippen MR) is 131 cm³/mol. The Kier molecular flexibility index (Phi) is 9.07. The van der Waals surface area contributed by atoms with Crippen LogP contribution >= 0.6 is 0 Å². The van der Waals surface area contributed by atoms with Crippen LogP contribution in [-0.4, -0.2) is 35.4 Å². The second-order valence-electron chi connectivity index (χ2n) is 8.13. The predicted octanol–water partition coefficient (Wildman–Crippen LogP) is 4.62. The molecule has 5 nitrogen and oxygen atoms in total. The largest absolute Gasteiger partial charge is 0.484 e. The maximum Gasteiger partial charge on any atom is 0.261 e. The Bertz CT molecular complexity index is 993. The van der Waals surface area contributed by atoms with Crippen molar-refractivity contribution in [2.24, 2.45) is 0 Å². The van der Waals surface area contributed by atoms with E-state index >= 15 is 0 Å². The third-order valence-corrected chi connectivity index (χ3v) is 5.57. The minimum absolute atomic E-state index is 0.0185.